The zero-order chi connectivity index (χ0) is 47.6. The van der Waals surface area contributed by atoms with Gasteiger partial charge >= 0.3 is 18.0 Å². The van der Waals surface area contributed by atoms with Gasteiger partial charge in [-0.1, -0.05) is 56.4 Å². The number of fused-ring (bicyclic) bond motifs is 2. The van der Waals surface area contributed by atoms with E-state index in [1.54, 1.807) is 36.9 Å². The molecule has 0 spiro atoms. The van der Waals surface area contributed by atoms with Crippen LogP contribution in [-0.4, -0.2) is 102 Å². The predicted octanol–water partition coefficient (Wildman–Crippen LogP) is 6.78. The number of amides is 4. The Labute approximate surface area is 387 Å². The number of Topliss-reactive ketones (excluding diaryl/α,β-unsaturated/α-hetero) is 1. The van der Waals surface area contributed by atoms with Gasteiger partial charge in [0.1, 0.15) is 23.1 Å². The molecule has 2 heterocycles. The van der Waals surface area contributed by atoms with Crippen molar-refractivity contribution in [2.45, 2.75) is 83.7 Å². The van der Waals surface area contributed by atoms with Crippen LogP contribution in [0.4, 0.5) is 4.79 Å². The average Bonchev–Trinajstić information content (AvgIpc) is 3.31. The first-order chi connectivity index (χ1) is 32.3. The van der Waals surface area contributed by atoms with Gasteiger partial charge in [0.25, 0.3) is 5.91 Å². The molecule has 1 saturated carbocycles. The van der Waals surface area contributed by atoms with Gasteiger partial charge in [0.15, 0.2) is 17.8 Å². The lowest BCUT2D eigenvalue weighted by atomic mass is 9.84. The number of ether oxygens (including phenoxy) is 2. The molecule has 352 valence electrons. The van der Waals surface area contributed by atoms with Gasteiger partial charge in [-0.15, -0.1) is 0 Å². The number of phenolic OH excluding ortho intramolecular Hbond substituents is 1. The van der Waals surface area contributed by atoms with Crippen molar-refractivity contribution < 1.29 is 52.9 Å². The van der Waals surface area contributed by atoms with E-state index < -0.39 is 48.2 Å². The van der Waals surface area contributed by atoms with Crippen LogP contribution in [-0.2, 0) is 19.1 Å². The van der Waals surface area contributed by atoms with Crippen molar-refractivity contribution in [3.05, 3.63) is 111 Å². The first-order valence-corrected chi connectivity index (χ1v) is 22.8. The monoisotopic (exact) mass is 916 g/mol. The van der Waals surface area contributed by atoms with Crippen LogP contribution in [0.25, 0.3) is 33.4 Å². The number of aromatic carboxylic acids is 1. The van der Waals surface area contributed by atoms with Crippen LogP contribution >= 0.6 is 0 Å². The van der Waals surface area contributed by atoms with E-state index >= 15 is 0 Å². The Morgan fingerprint density at radius 3 is 2.30 bits per heavy atom. The van der Waals surface area contributed by atoms with Crippen LogP contribution < -0.4 is 21.4 Å². The Morgan fingerprint density at radius 1 is 0.836 bits per heavy atom. The van der Waals surface area contributed by atoms with Gasteiger partial charge in [0.05, 0.1) is 30.4 Å². The normalized spacial score (nSPS) is 15.1. The van der Waals surface area contributed by atoms with Gasteiger partial charge in [-0.3, -0.25) is 19.2 Å². The molecule has 0 unspecified atom stereocenters. The van der Waals surface area contributed by atoms with Gasteiger partial charge in [0, 0.05) is 53.8 Å². The third-order valence-corrected chi connectivity index (χ3v) is 12.6. The van der Waals surface area contributed by atoms with E-state index in [-0.39, 0.29) is 64.1 Å². The van der Waals surface area contributed by atoms with Gasteiger partial charge in [0.2, 0.25) is 5.91 Å². The largest absolute Gasteiger partial charge is 0.508 e. The van der Waals surface area contributed by atoms with E-state index in [1.807, 2.05) is 6.07 Å². The molecule has 0 radical (unpaired) electrons. The van der Waals surface area contributed by atoms with Crippen LogP contribution in [0.1, 0.15) is 100.0 Å². The fourth-order valence-corrected chi connectivity index (χ4v) is 9.03. The zero-order valence-corrected chi connectivity index (χ0v) is 37.7. The van der Waals surface area contributed by atoms with E-state index in [0.717, 1.165) is 32.1 Å². The highest BCUT2D eigenvalue weighted by Gasteiger charge is 2.32. The maximum Gasteiger partial charge on any atom is 0.339 e. The molecule has 16 heteroatoms. The van der Waals surface area contributed by atoms with Crippen LogP contribution in [0.2, 0.25) is 0 Å². The number of carbonyl (C=O) groups is 6. The molecule has 2 atom stereocenters. The van der Waals surface area contributed by atoms with E-state index in [0.29, 0.717) is 78.8 Å². The highest BCUT2D eigenvalue weighted by atomic mass is 16.5. The summed E-state index contributed by atoms with van der Waals surface area (Å²) in [5.41, 5.74) is 2.70. The molecule has 0 bridgehead atoms. The van der Waals surface area contributed by atoms with E-state index in [2.05, 4.69) is 16.0 Å². The molecular weight excluding hydrogens is 861 g/mol. The third-order valence-electron chi connectivity index (χ3n) is 12.6. The summed E-state index contributed by atoms with van der Waals surface area (Å²) < 4.78 is 16.8. The molecule has 7 rings (SSSR count). The SMILES string of the molecule is Cc1cccc(C)c1C(=O)OCC(=O)[C@H](CCCCNC(=O)c1ccc(-c2c3ccc(=O)cc-3oc3cc(O)ccc23)c(C(=O)O)c1)NC(=O)[C@H](CC1CCCCC1)NC(=O)N1CCOCC1. The molecule has 5 N–H and O–H groups in total. The number of hydrogen-bond donors (Lipinski definition) is 5. The molecule has 4 aliphatic rings. The summed E-state index contributed by atoms with van der Waals surface area (Å²) in [7, 11) is 0. The zero-order valence-electron chi connectivity index (χ0n) is 37.7. The average molecular weight is 917 g/mol. The molecule has 67 heavy (non-hydrogen) atoms. The second-order valence-electron chi connectivity index (χ2n) is 17.3. The minimum absolute atomic E-state index is 0.0732. The fourth-order valence-electron chi connectivity index (χ4n) is 9.03. The van der Waals surface area contributed by atoms with Gasteiger partial charge < -0.3 is 45.0 Å². The fraction of sp³-hybridized carbons (Fsp3) is 0.392. The molecule has 1 saturated heterocycles. The first kappa shape index (κ1) is 47.9. The van der Waals surface area contributed by atoms with Gasteiger partial charge in [-0.05, 0) is 98.5 Å². The molecule has 16 nitrogen and oxygen atoms in total. The number of unbranched alkanes of at least 4 members (excludes halogenated alkanes) is 1. The molecule has 3 aromatic rings. The summed E-state index contributed by atoms with van der Waals surface area (Å²) in [6.45, 7) is 4.63. The molecule has 0 aromatic heterocycles. The summed E-state index contributed by atoms with van der Waals surface area (Å²) in [6.07, 6.45) is 6.26. The number of aromatic hydroxyl groups is 1. The Bertz CT molecular complexity index is 2660. The van der Waals surface area contributed by atoms with Crippen molar-refractivity contribution in [1.82, 2.24) is 20.9 Å². The maximum absolute atomic E-state index is 14.1. The first-order valence-electron chi connectivity index (χ1n) is 22.8. The highest BCUT2D eigenvalue weighted by molar-refractivity contribution is 6.09. The highest BCUT2D eigenvalue weighted by Crippen LogP contribution is 2.42. The van der Waals surface area contributed by atoms with Gasteiger partial charge in [-0.25, -0.2) is 14.4 Å². The molecule has 4 amide bonds. The number of aryl methyl sites for hydroxylation is 2. The molecule has 2 fully saturated rings. The van der Waals surface area contributed by atoms with Crippen molar-refractivity contribution >= 4 is 46.5 Å². The van der Waals surface area contributed by atoms with Crippen molar-refractivity contribution in [3.63, 3.8) is 0 Å². The number of nitrogens with zero attached hydrogens (tertiary/aromatic N) is 1. The van der Waals surface area contributed by atoms with Crippen LogP contribution in [0.3, 0.4) is 0 Å². The number of nitrogens with one attached hydrogen (secondary N) is 3. The van der Waals surface area contributed by atoms with Crippen LogP contribution in [0.15, 0.2) is 82.0 Å². The number of carbonyl (C=O) groups excluding carboxylic acids is 5. The standard InChI is InChI=1S/C51H56N4O12/c1-30-9-8-10-31(2)45(30)50(63)66-29-42(58)40(53-48(60)41(25-32-11-4-3-5-12-32)54-51(64)55-21-23-65-24-22-55)13-6-7-20-52-47(59)33-14-17-36(39(26-33)49(61)62)46-37-18-15-34(56)27-43(37)67-44-28-35(57)16-19-38(44)46/h8-10,14-19,26-28,32,40-41,56H,3-7,11-13,20-25,29H2,1-2H3,(H,52,59)(H,53,60)(H,54,64)(H,61,62)/t40-,41-/m0/s1. The number of benzene rings is 4. The lowest BCUT2D eigenvalue weighted by molar-refractivity contribution is -0.130. The minimum Gasteiger partial charge on any atom is -0.508 e. The number of morpholine rings is 1. The van der Waals surface area contributed by atoms with E-state index in [4.69, 9.17) is 13.9 Å². The van der Waals surface area contributed by atoms with Crippen molar-refractivity contribution in [3.8, 4) is 28.2 Å². The third kappa shape index (κ3) is 11.9. The summed E-state index contributed by atoms with van der Waals surface area (Å²) in [5, 5.41) is 29.6. The smallest absolute Gasteiger partial charge is 0.339 e. The van der Waals surface area contributed by atoms with Crippen LogP contribution in [0.5, 0.6) is 5.75 Å². The number of hydrogen-bond acceptors (Lipinski definition) is 11. The topological polar surface area (TPSA) is 231 Å². The molecule has 3 aromatic carbocycles. The van der Waals surface area contributed by atoms with Crippen molar-refractivity contribution in [2.75, 3.05) is 39.5 Å². The van der Waals surface area contributed by atoms with Crippen molar-refractivity contribution in [2.24, 2.45) is 5.92 Å². The summed E-state index contributed by atoms with van der Waals surface area (Å²) in [4.78, 5) is 94.6. The quantitative estimate of drug-likeness (QED) is 0.0369. The Morgan fingerprint density at radius 2 is 1.57 bits per heavy atom. The predicted molar refractivity (Wildman–Crippen MR) is 248 cm³/mol. The number of carboxylic acids is 1. The van der Waals surface area contributed by atoms with E-state index in [9.17, 15) is 43.8 Å². The second kappa shape index (κ2) is 21.9. The maximum atomic E-state index is 14.1. The van der Waals surface area contributed by atoms with E-state index in [1.165, 1.54) is 48.5 Å². The summed E-state index contributed by atoms with van der Waals surface area (Å²) >= 11 is 0. The molecular formula is C51H56N4O12. The summed E-state index contributed by atoms with van der Waals surface area (Å²) in [6, 6.07) is 15.8. The molecule has 2 aliphatic carbocycles. The number of phenols is 1. The number of esters is 1. The Hall–Kier alpha value is -7.07. The van der Waals surface area contributed by atoms with Gasteiger partial charge in [-0.2, -0.15) is 0 Å². The minimum atomic E-state index is -1.30. The number of urea groups is 1. The second-order valence-corrected chi connectivity index (χ2v) is 17.3. The molecule has 2 aliphatic heterocycles. The number of rotatable bonds is 17. The summed E-state index contributed by atoms with van der Waals surface area (Å²) in [5.74, 6) is -3.25. The number of carboxylic acid groups (broad SMARTS) is 1. The lowest BCUT2D eigenvalue weighted by Crippen LogP contribution is -2.56. The Balaban J connectivity index is 1.04. The lowest BCUT2D eigenvalue weighted by Gasteiger charge is -2.31. The van der Waals surface area contributed by atoms with Crippen molar-refractivity contribution in [1.29, 1.82) is 0 Å². The number of ketones is 1. The Kier molecular flexibility index (Phi) is 15.7. The van der Waals surface area contributed by atoms with Crippen LogP contribution in [0, 0.1) is 19.8 Å².